The van der Waals surface area contributed by atoms with E-state index in [9.17, 15) is 0 Å². The second kappa shape index (κ2) is 5.05. The molecule has 19 heavy (non-hydrogen) atoms. The van der Waals surface area contributed by atoms with E-state index in [2.05, 4.69) is 31.5 Å². The van der Waals surface area contributed by atoms with Crippen molar-refractivity contribution < 1.29 is 4.74 Å². The van der Waals surface area contributed by atoms with Crippen LogP contribution in [0.4, 0.5) is 0 Å². The topological polar surface area (TPSA) is 27.1 Å². The maximum absolute atomic E-state index is 5.74. The van der Waals surface area contributed by atoms with Gasteiger partial charge in [-0.25, -0.2) is 4.98 Å². The minimum atomic E-state index is 0.465. The van der Waals surface area contributed by atoms with Crippen LogP contribution in [0.25, 0.3) is 11.0 Å². The Morgan fingerprint density at radius 3 is 2.74 bits per heavy atom. The number of rotatable bonds is 3. The molecule has 0 fully saturated rings. The van der Waals surface area contributed by atoms with E-state index >= 15 is 0 Å². The average Bonchev–Trinajstić information content (AvgIpc) is 2.74. The molecule has 0 spiro atoms. The quantitative estimate of drug-likeness (QED) is 0.732. The summed E-state index contributed by atoms with van der Waals surface area (Å²) in [6, 6.07) is 15.8. The van der Waals surface area contributed by atoms with Gasteiger partial charge >= 0.3 is 0 Å². The van der Waals surface area contributed by atoms with Crippen LogP contribution in [0.1, 0.15) is 5.82 Å². The lowest BCUT2D eigenvalue weighted by Crippen LogP contribution is -2.03. The molecule has 0 bridgehead atoms. The first kappa shape index (κ1) is 12.2. The van der Waals surface area contributed by atoms with Crippen molar-refractivity contribution >= 4 is 27.0 Å². The van der Waals surface area contributed by atoms with Crippen LogP contribution in [0.2, 0.25) is 0 Å². The molecule has 3 rings (SSSR count). The van der Waals surface area contributed by atoms with Crippen LogP contribution in [0.15, 0.2) is 53.0 Å². The molecule has 3 aromatic rings. The predicted octanol–water partition coefficient (Wildman–Crippen LogP) is 3.91. The van der Waals surface area contributed by atoms with Gasteiger partial charge in [0, 0.05) is 11.5 Å². The molecule has 0 saturated carbocycles. The zero-order valence-corrected chi connectivity index (χ0v) is 12.1. The van der Waals surface area contributed by atoms with E-state index in [1.54, 1.807) is 0 Å². The normalized spacial score (nSPS) is 10.8. The summed E-state index contributed by atoms with van der Waals surface area (Å²) in [5.74, 6) is 1.77. The number of para-hydroxylation sites is 1. The predicted molar refractivity (Wildman–Crippen MR) is 79.2 cm³/mol. The largest absolute Gasteiger partial charge is 0.486 e. The van der Waals surface area contributed by atoms with Crippen molar-refractivity contribution in [1.82, 2.24) is 9.55 Å². The number of benzene rings is 2. The van der Waals surface area contributed by atoms with Gasteiger partial charge < -0.3 is 9.30 Å². The number of hydrogen-bond acceptors (Lipinski definition) is 2. The number of ether oxygens (including phenoxy) is 1. The molecule has 0 aliphatic carbocycles. The van der Waals surface area contributed by atoms with E-state index in [1.807, 2.05) is 49.5 Å². The number of aryl methyl sites for hydroxylation is 1. The van der Waals surface area contributed by atoms with E-state index in [0.717, 1.165) is 27.1 Å². The Morgan fingerprint density at radius 1 is 1.16 bits per heavy atom. The maximum Gasteiger partial charge on any atom is 0.147 e. The van der Waals surface area contributed by atoms with Gasteiger partial charge in [0.25, 0.3) is 0 Å². The zero-order valence-electron chi connectivity index (χ0n) is 10.5. The van der Waals surface area contributed by atoms with Crippen molar-refractivity contribution in [2.24, 2.45) is 7.05 Å². The molecule has 0 saturated heterocycles. The molecule has 0 N–H and O–H groups in total. The van der Waals surface area contributed by atoms with Crippen LogP contribution in [0.3, 0.4) is 0 Å². The van der Waals surface area contributed by atoms with Crippen molar-refractivity contribution in [3.8, 4) is 5.75 Å². The summed E-state index contributed by atoms with van der Waals surface area (Å²) in [7, 11) is 2.01. The fourth-order valence-corrected chi connectivity index (χ4v) is 2.36. The summed E-state index contributed by atoms with van der Waals surface area (Å²) in [4.78, 5) is 4.59. The Labute approximate surface area is 120 Å². The molecule has 0 radical (unpaired) electrons. The fraction of sp³-hybridized carbons (Fsp3) is 0.133. The van der Waals surface area contributed by atoms with Gasteiger partial charge in [0.05, 0.1) is 11.0 Å². The zero-order chi connectivity index (χ0) is 13.2. The molecular formula is C15H13BrN2O. The van der Waals surface area contributed by atoms with Gasteiger partial charge in [-0.2, -0.15) is 0 Å². The number of fused-ring (bicyclic) bond motifs is 1. The highest BCUT2D eigenvalue weighted by molar-refractivity contribution is 9.10. The minimum absolute atomic E-state index is 0.465. The van der Waals surface area contributed by atoms with Crippen LogP contribution in [0, 0.1) is 0 Å². The van der Waals surface area contributed by atoms with Gasteiger partial charge in [0.15, 0.2) is 0 Å². The summed E-state index contributed by atoms with van der Waals surface area (Å²) in [6.07, 6.45) is 0. The second-order valence-corrected chi connectivity index (χ2v) is 5.24. The number of halogens is 1. The molecule has 0 amide bonds. The molecule has 0 aliphatic rings. The van der Waals surface area contributed by atoms with Gasteiger partial charge in [-0.15, -0.1) is 0 Å². The van der Waals surface area contributed by atoms with Crippen LogP contribution >= 0.6 is 15.9 Å². The first-order chi connectivity index (χ1) is 9.24. The SMILES string of the molecule is Cn1c(COc2ccccc2)nc2ccc(Br)cc21. The van der Waals surface area contributed by atoms with Crippen LogP contribution in [-0.4, -0.2) is 9.55 Å². The molecule has 4 heteroatoms. The summed E-state index contributed by atoms with van der Waals surface area (Å²) in [6.45, 7) is 0.465. The van der Waals surface area contributed by atoms with Crippen LogP contribution < -0.4 is 4.74 Å². The number of nitrogens with zero attached hydrogens (tertiary/aromatic N) is 2. The molecular weight excluding hydrogens is 304 g/mol. The Kier molecular flexibility index (Phi) is 3.25. The highest BCUT2D eigenvalue weighted by Gasteiger charge is 2.08. The maximum atomic E-state index is 5.74. The third kappa shape index (κ3) is 2.49. The van der Waals surface area contributed by atoms with E-state index in [4.69, 9.17) is 4.74 Å². The summed E-state index contributed by atoms with van der Waals surface area (Å²) < 4.78 is 8.85. The summed E-state index contributed by atoms with van der Waals surface area (Å²) in [5.41, 5.74) is 2.08. The molecule has 0 aliphatic heterocycles. The molecule has 0 unspecified atom stereocenters. The second-order valence-electron chi connectivity index (χ2n) is 4.32. The first-order valence-electron chi connectivity index (χ1n) is 6.03. The lowest BCUT2D eigenvalue weighted by molar-refractivity contribution is 0.292. The van der Waals surface area contributed by atoms with E-state index < -0.39 is 0 Å². The highest BCUT2D eigenvalue weighted by atomic mass is 79.9. The van der Waals surface area contributed by atoms with Crippen molar-refractivity contribution in [3.05, 3.63) is 58.8 Å². The molecule has 3 nitrogen and oxygen atoms in total. The van der Waals surface area contributed by atoms with Gasteiger partial charge in [0.2, 0.25) is 0 Å². The smallest absolute Gasteiger partial charge is 0.147 e. The monoisotopic (exact) mass is 316 g/mol. The van der Waals surface area contributed by atoms with Gasteiger partial charge in [-0.05, 0) is 30.3 Å². The molecule has 96 valence electrons. The summed E-state index contributed by atoms with van der Waals surface area (Å²) in [5, 5.41) is 0. The van der Waals surface area contributed by atoms with Gasteiger partial charge in [-0.1, -0.05) is 34.1 Å². The minimum Gasteiger partial charge on any atom is -0.486 e. The average molecular weight is 317 g/mol. The van der Waals surface area contributed by atoms with Gasteiger partial charge in [0.1, 0.15) is 18.2 Å². The van der Waals surface area contributed by atoms with Crippen molar-refractivity contribution in [2.45, 2.75) is 6.61 Å². The molecule has 1 aromatic heterocycles. The van der Waals surface area contributed by atoms with Crippen LogP contribution in [0.5, 0.6) is 5.75 Å². The molecule has 1 heterocycles. The summed E-state index contributed by atoms with van der Waals surface area (Å²) >= 11 is 3.48. The van der Waals surface area contributed by atoms with E-state index in [-0.39, 0.29) is 0 Å². The highest BCUT2D eigenvalue weighted by Crippen LogP contribution is 2.21. The van der Waals surface area contributed by atoms with Gasteiger partial charge in [-0.3, -0.25) is 0 Å². The van der Waals surface area contributed by atoms with E-state index in [0.29, 0.717) is 6.61 Å². The Hall–Kier alpha value is -1.81. The third-order valence-electron chi connectivity index (χ3n) is 3.05. The first-order valence-corrected chi connectivity index (χ1v) is 6.82. The van der Waals surface area contributed by atoms with Crippen molar-refractivity contribution in [2.75, 3.05) is 0 Å². The lowest BCUT2D eigenvalue weighted by Gasteiger charge is -2.05. The number of imidazole rings is 1. The lowest BCUT2D eigenvalue weighted by atomic mass is 10.3. The standard InChI is InChI=1S/C15H13BrN2O/c1-18-14-9-11(16)7-8-13(14)17-15(18)10-19-12-5-3-2-4-6-12/h2-9H,10H2,1H3. The Morgan fingerprint density at radius 2 is 1.95 bits per heavy atom. The third-order valence-corrected chi connectivity index (χ3v) is 3.54. The van der Waals surface area contributed by atoms with E-state index in [1.165, 1.54) is 0 Å². The molecule has 0 atom stereocenters. The molecule has 2 aromatic carbocycles. The van der Waals surface area contributed by atoms with Crippen LogP contribution in [-0.2, 0) is 13.7 Å². The number of hydrogen-bond donors (Lipinski definition) is 0. The fourth-order valence-electron chi connectivity index (χ4n) is 2.01. The van der Waals surface area contributed by atoms with Crippen molar-refractivity contribution in [3.63, 3.8) is 0 Å². The van der Waals surface area contributed by atoms with Crippen molar-refractivity contribution in [1.29, 1.82) is 0 Å². The Balaban J connectivity index is 1.87. The Bertz CT molecular complexity index is 707. The number of aromatic nitrogens is 2.